The Hall–Kier alpha value is -2.74. The summed E-state index contributed by atoms with van der Waals surface area (Å²) in [7, 11) is 0. The molecule has 3 amide bonds. The topological polar surface area (TPSA) is 100 Å². The van der Waals surface area contributed by atoms with Gasteiger partial charge in [-0.1, -0.05) is 18.6 Å². The lowest BCUT2D eigenvalue weighted by molar-refractivity contribution is -0.118. The number of aromatic nitrogens is 1. The maximum absolute atomic E-state index is 12.4. The summed E-state index contributed by atoms with van der Waals surface area (Å²) in [4.78, 5) is 42.9. The van der Waals surface area contributed by atoms with E-state index in [1.807, 2.05) is 0 Å². The largest absolute Gasteiger partial charge is 0.340 e. The van der Waals surface area contributed by atoms with Crippen LogP contribution in [0.2, 0.25) is 0 Å². The number of hydrogen-bond acceptors (Lipinski definition) is 5. The van der Waals surface area contributed by atoms with Crippen LogP contribution >= 0.6 is 11.3 Å². The summed E-state index contributed by atoms with van der Waals surface area (Å²) in [5.74, 6) is -0.831. The van der Waals surface area contributed by atoms with Gasteiger partial charge in [-0.2, -0.15) is 0 Å². The van der Waals surface area contributed by atoms with Gasteiger partial charge in [0.1, 0.15) is 6.04 Å². The number of thiazole rings is 1. The number of aryl methyl sites for hydroxylation is 2. The number of nitrogens with one attached hydrogen (secondary N) is 3. The molecular formula is C20H22N4O3S. The quantitative estimate of drug-likeness (QED) is 0.690. The maximum atomic E-state index is 12.4. The molecule has 146 valence electrons. The van der Waals surface area contributed by atoms with E-state index in [1.165, 1.54) is 17.7 Å². The fourth-order valence-electron chi connectivity index (χ4n) is 3.55. The Labute approximate surface area is 166 Å². The average Bonchev–Trinajstić information content (AvgIpc) is 2.84. The zero-order chi connectivity index (χ0) is 19.5. The smallest absolute Gasteiger partial charge is 0.254 e. The van der Waals surface area contributed by atoms with Gasteiger partial charge in [0.05, 0.1) is 16.9 Å². The second-order valence-electron chi connectivity index (χ2n) is 7.10. The van der Waals surface area contributed by atoms with Gasteiger partial charge < -0.3 is 16.0 Å². The minimum Gasteiger partial charge on any atom is -0.340 e. The molecule has 0 bridgehead atoms. The second-order valence-corrected chi connectivity index (χ2v) is 8.18. The number of amides is 3. The number of carbonyl (C=O) groups is 3. The van der Waals surface area contributed by atoms with Crippen LogP contribution in [0.25, 0.3) is 0 Å². The lowest BCUT2D eigenvalue weighted by atomic mass is 10.1. The van der Waals surface area contributed by atoms with Crippen molar-refractivity contribution in [1.29, 1.82) is 0 Å². The van der Waals surface area contributed by atoms with Crippen LogP contribution in [0.15, 0.2) is 24.3 Å². The van der Waals surface area contributed by atoms with Crippen LogP contribution in [-0.4, -0.2) is 28.7 Å². The summed E-state index contributed by atoms with van der Waals surface area (Å²) in [5, 5.41) is 8.92. The Balaban J connectivity index is 1.35. The van der Waals surface area contributed by atoms with Gasteiger partial charge in [0.25, 0.3) is 5.91 Å². The Morgan fingerprint density at radius 1 is 1.18 bits per heavy atom. The van der Waals surface area contributed by atoms with Crippen molar-refractivity contribution in [2.75, 3.05) is 10.6 Å². The molecule has 1 atom stereocenters. The zero-order valence-corrected chi connectivity index (χ0v) is 16.2. The van der Waals surface area contributed by atoms with Crippen LogP contribution in [0.1, 0.15) is 53.0 Å². The predicted molar refractivity (Wildman–Crippen MR) is 108 cm³/mol. The molecule has 2 aromatic rings. The van der Waals surface area contributed by atoms with Gasteiger partial charge in [0.15, 0.2) is 5.13 Å². The highest BCUT2D eigenvalue weighted by molar-refractivity contribution is 7.15. The van der Waals surface area contributed by atoms with Crippen LogP contribution in [0.5, 0.6) is 0 Å². The molecule has 0 radical (unpaired) electrons. The van der Waals surface area contributed by atoms with Crippen LogP contribution in [0.3, 0.4) is 0 Å². The molecule has 0 saturated carbocycles. The number of rotatable bonds is 4. The Morgan fingerprint density at radius 3 is 2.89 bits per heavy atom. The first-order valence-electron chi connectivity index (χ1n) is 9.59. The lowest BCUT2D eigenvalue weighted by Gasteiger charge is -2.13. The number of fused-ring (bicyclic) bond motifs is 2. The van der Waals surface area contributed by atoms with Crippen LogP contribution in [0, 0.1) is 0 Å². The summed E-state index contributed by atoms with van der Waals surface area (Å²) in [6.07, 6.45) is 5.88. The Morgan fingerprint density at radius 2 is 2.00 bits per heavy atom. The summed E-state index contributed by atoms with van der Waals surface area (Å²) in [6.45, 7) is 0. The fraction of sp³-hybridized carbons (Fsp3) is 0.400. The van der Waals surface area contributed by atoms with E-state index in [4.69, 9.17) is 0 Å². The number of para-hydroxylation sites is 1. The Kier molecular flexibility index (Phi) is 5.38. The molecular weight excluding hydrogens is 376 g/mol. The van der Waals surface area contributed by atoms with E-state index < -0.39 is 6.04 Å². The monoisotopic (exact) mass is 398 g/mol. The highest BCUT2D eigenvalue weighted by Crippen LogP contribution is 2.29. The van der Waals surface area contributed by atoms with Crippen molar-refractivity contribution < 1.29 is 14.4 Å². The van der Waals surface area contributed by atoms with Gasteiger partial charge in [-0.25, -0.2) is 4.98 Å². The molecule has 8 heteroatoms. The molecule has 2 aliphatic rings. The van der Waals surface area contributed by atoms with E-state index in [1.54, 1.807) is 35.6 Å². The van der Waals surface area contributed by atoms with Crippen LogP contribution in [0.4, 0.5) is 10.8 Å². The van der Waals surface area contributed by atoms with Gasteiger partial charge in [0, 0.05) is 11.3 Å². The Bertz CT molecular complexity index is 900. The summed E-state index contributed by atoms with van der Waals surface area (Å²) >= 11 is 1.54. The summed E-state index contributed by atoms with van der Waals surface area (Å²) < 4.78 is 0. The van der Waals surface area contributed by atoms with E-state index >= 15 is 0 Å². The SMILES string of the molecule is O=C(CC[C@@H]1NC(=O)c2ccccc2NC1=O)Nc1nc2c(s1)CCCCC2. The number of hydrogen-bond donors (Lipinski definition) is 3. The van der Waals surface area contributed by atoms with Gasteiger partial charge in [-0.15, -0.1) is 11.3 Å². The maximum Gasteiger partial charge on any atom is 0.254 e. The third-order valence-corrected chi connectivity index (χ3v) is 6.13. The third kappa shape index (κ3) is 4.06. The number of anilines is 2. The molecule has 0 fully saturated rings. The fourth-order valence-corrected chi connectivity index (χ4v) is 4.62. The van der Waals surface area contributed by atoms with E-state index in [-0.39, 0.29) is 30.6 Å². The molecule has 0 saturated heterocycles. The standard InChI is InChI=1S/C20H22N4O3S/c25-17(24-20-23-14-8-2-1-3-9-16(14)28-20)11-10-15-19(27)21-13-7-5-4-6-12(13)18(26)22-15/h4-7,15H,1-3,8-11H2,(H,21,27)(H,22,26)(H,23,24,25)/t15-/m0/s1. The molecule has 1 aromatic carbocycles. The van der Waals surface area contributed by atoms with E-state index in [9.17, 15) is 14.4 Å². The first kappa shape index (κ1) is 18.6. The van der Waals surface area contributed by atoms with Crippen molar-refractivity contribution in [3.05, 3.63) is 40.4 Å². The van der Waals surface area contributed by atoms with Gasteiger partial charge in [-0.3, -0.25) is 14.4 Å². The predicted octanol–water partition coefficient (Wildman–Crippen LogP) is 2.88. The lowest BCUT2D eigenvalue weighted by Crippen LogP contribution is -2.41. The first-order chi connectivity index (χ1) is 13.6. The third-order valence-electron chi connectivity index (χ3n) is 5.05. The molecule has 4 rings (SSSR count). The first-order valence-corrected chi connectivity index (χ1v) is 10.4. The van der Waals surface area contributed by atoms with Crippen molar-refractivity contribution in [3.63, 3.8) is 0 Å². The van der Waals surface area contributed by atoms with Gasteiger partial charge >= 0.3 is 0 Å². The second kappa shape index (κ2) is 8.10. The summed E-state index contributed by atoms with van der Waals surface area (Å²) in [5.41, 5.74) is 2.01. The van der Waals surface area contributed by atoms with Gasteiger partial charge in [-0.05, 0) is 44.2 Å². The van der Waals surface area contributed by atoms with E-state index in [0.717, 1.165) is 25.0 Å². The van der Waals surface area contributed by atoms with Crippen molar-refractivity contribution in [2.45, 2.75) is 51.0 Å². The molecule has 1 aromatic heterocycles. The number of nitrogens with zero attached hydrogens (tertiary/aromatic N) is 1. The van der Waals surface area contributed by atoms with Crippen LogP contribution in [-0.2, 0) is 22.4 Å². The highest BCUT2D eigenvalue weighted by atomic mass is 32.1. The summed E-state index contributed by atoms with van der Waals surface area (Å²) in [6, 6.07) is 6.10. The number of carbonyl (C=O) groups excluding carboxylic acids is 3. The molecule has 7 nitrogen and oxygen atoms in total. The molecule has 1 aliphatic heterocycles. The normalized spacial score (nSPS) is 18.8. The zero-order valence-electron chi connectivity index (χ0n) is 15.4. The molecule has 1 aliphatic carbocycles. The van der Waals surface area contributed by atoms with Crippen LogP contribution < -0.4 is 16.0 Å². The highest BCUT2D eigenvalue weighted by Gasteiger charge is 2.28. The van der Waals surface area contributed by atoms with Crippen molar-refractivity contribution in [1.82, 2.24) is 10.3 Å². The van der Waals surface area contributed by atoms with Crippen molar-refractivity contribution >= 4 is 39.9 Å². The molecule has 2 heterocycles. The van der Waals surface area contributed by atoms with E-state index in [0.29, 0.717) is 16.4 Å². The van der Waals surface area contributed by atoms with Crippen molar-refractivity contribution in [3.8, 4) is 0 Å². The number of benzene rings is 1. The van der Waals surface area contributed by atoms with Crippen molar-refractivity contribution in [2.24, 2.45) is 0 Å². The minimum absolute atomic E-state index is 0.124. The van der Waals surface area contributed by atoms with Gasteiger partial charge in [0.2, 0.25) is 11.8 Å². The average molecular weight is 398 g/mol. The molecule has 3 N–H and O–H groups in total. The minimum atomic E-state index is -0.751. The van der Waals surface area contributed by atoms with E-state index in [2.05, 4.69) is 20.9 Å². The molecule has 0 unspecified atom stereocenters. The molecule has 28 heavy (non-hydrogen) atoms. The molecule has 0 spiro atoms.